The van der Waals surface area contributed by atoms with Gasteiger partial charge in [0.15, 0.2) is 11.6 Å². The van der Waals surface area contributed by atoms with Crippen LogP contribution in [0.2, 0.25) is 0 Å². The summed E-state index contributed by atoms with van der Waals surface area (Å²) in [5.41, 5.74) is 0.812. The van der Waals surface area contributed by atoms with Gasteiger partial charge in [0.25, 0.3) is 0 Å². The average molecular weight is 800 g/mol. The molecule has 5 fully saturated rings. The molecule has 5 aliphatic carbocycles. The van der Waals surface area contributed by atoms with Crippen LogP contribution < -0.4 is 16.0 Å². The highest BCUT2D eigenvalue weighted by Crippen LogP contribution is 2.42. The van der Waals surface area contributed by atoms with E-state index < -0.39 is 23.5 Å². The topological polar surface area (TPSA) is 36.1 Å². The average Bonchev–Trinajstić information content (AvgIpc) is 3.14. The molecule has 0 aromatic heterocycles. The van der Waals surface area contributed by atoms with Crippen molar-refractivity contribution in [3.05, 3.63) is 35.4 Å². The van der Waals surface area contributed by atoms with Crippen LogP contribution in [0.15, 0.2) is 18.2 Å². The molecule has 5 saturated carbocycles. The van der Waals surface area contributed by atoms with Gasteiger partial charge >= 0.3 is 0 Å². The second-order valence-corrected chi connectivity index (χ2v) is 19.7. The molecule has 1 aromatic rings. The molecule has 0 amide bonds. The van der Waals surface area contributed by atoms with Crippen LogP contribution in [-0.2, 0) is 6.54 Å². The quantitative estimate of drug-likeness (QED) is 0.164. The molecule has 5 aliphatic rings. The van der Waals surface area contributed by atoms with Crippen LogP contribution >= 0.6 is 0 Å². The van der Waals surface area contributed by atoms with Crippen molar-refractivity contribution in [2.75, 3.05) is 13.1 Å². The van der Waals surface area contributed by atoms with Crippen molar-refractivity contribution in [1.82, 2.24) is 16.0 Å². The van der Waals surface area contributed by atoms with E-state index in [0.29, 0.717) is 43.4 Å². The Morgan fingerprint density at radius 3 is 1.41 bits per heavy atom. The van der Waals surface area contributed by atoms with Crippen molar-refractivity contribution < 1.29 is 26.3 Å². The summed E-state index contributed by atoms with van der Waals surface area (Å²) in [6, 6.07) is 5.87. The predicted molar refractivity (Wildman–Crippen MR) is 220 cm³/mol. The van der Waals surface area contributed by atoms with Gasteiger partial charge in [0.1, 0.15) is 0 Å². The Labute approximate surface area is 337 Å². The third-order valence-electron chi connectivity index (χ3n) is 13.7. The Kier molecular flexibility index (Phi) is 19.8. The number of halogens is 6. The summed E-state index contributed by atoms with van der Waals surface area (Å²) in [6.07, 6.45) is 21.1. The van der Waals surface area contributed by atoms with E-state index in [1.807, 2.05) is 0 Å². The van der Waals surface area contributed by atoms with Gasteiger partial charge in [0.05, 0.1) is 0 Å². The van der Waals surface area contributed by atoms with Gasteiger partial charge in [-0.2, -0.15) is 0 Å². The number of benzene rings is 1. The molecule has 0 unspecified atom stereocenters. The van der Waals surface area contributed by atoms with Crippen LogP contribution in [0.1, 0.15) is 175 Å². The van der Waals surface area contributed by atoms with Crippen molar-refractivity contribution in [3.8, 4) is 0 Å². The van der Waals surface area contributed by atoms with Crippen LogP contribution in [0.25, 0.3) is 0 Å². The Hall–Kier alpha value is -1.32. The van der Waals surface area contributed by atoms with Gasteiger partial charge in [-0.25, -0.2) is 26.3 Å². The molecule has 1 aromatic carbocycles. The lowest BCUT2D eigenvalue weighted by atomic mass is 9.79. The third kappa shape index (κ3) is 17.9. The number of nitrogens with one attached hydrogen (secondary N) is 3. The summed E-state index contributed by atoms with van der Waals surface area (Å²) in [6.45, 7) is 13.8. The highest BCUT2D eigenvalue weighted by Gasteiger charge is 2.45. The van der Waals surface area contributed by atoms with Crippen LogP contribution in [-0.4, -0.2) is 43.1 Å². The summed E-state index contributed by atoms with van der Waals surface area (Å²) in [5, 5.41) is 10.6. The second kappa shape index (κ2) is 23.5. The largest absolute Gasteiger partial charge is 0.314 e. The minimum atomic E-state index is -2.38. The fraction of sp³-hybridized carbons (Fsp3) is 0.872. The number of alkyl halides is 4. The van der Waals surface area contributed by atoms with Crippen LogP contribution in [0.4, 0.5) is 26.3 Å². The van der Waals surface area contributed by atoms with Crippen molar-refractivity contribution in [2.45, 2.75) is 206 Å². The minimum Gasteiger partial charge on any atom is -0.314 e. The van der Waals surface area contributed by atoms with E-state index in [4.69, 9.17) is 0 Å². The molecule has 324 valence electrons. The van der Waals surface area contributed by atoms with Crippen LogP contribution in [0, 0.1) is 53.1 Å². The second-order valence-electron chi connectivity index (χ2n) is 19.7. The lowest BCUT2D eigenvalue weighted by Gasteiger charge is -2.37. The highest BCUT2D eigenvalue weighted by atomic mass is 19.3. The SMILES string of the molecule is CC(C)CC1CCC(NCC2CC(F)(F)C2)CC1.CC(C)CC1CCC(NCC2CCC(F)(F)CC2)CC1.CCC1CCC(NCc2ccc(F)c(F)c2)CC1. The standard InChI is InChI=1S/C17H31F2N.C15H27F2N.C15H21F2N/c1-13(2)11-14-3-5-16(6-4-14)20-12-15-7-9-17(18,19)10-8-15;1-11(2)7-12-3-5-14(6-4-12)18-10-13-8-15(16,17)9-13;1-2-11-3-6-13(7-4-11)18-10-12-5-8-14(16)15(17)9-12/h13-16,20H,3-12H2,1-2H3;11-14,18H,3-10H2,1-2H3;5,8-9,11,13,18H,2-4,6-7,10H2,1H3. The summed E-state index contributed by atoms with van der Waals surface area (Å²) in [5.74, 6) is -1.27. The summed E-state index contributed by atoms with van der Waals surface area (Å²) < 4.78 is 77.4. The molecule has 56 heavy (non-hydrogen) atoms. The molecule has 0 bridgehead atoms. The first-order chi connectivity index (χ1) is 26.6. The summed E-state index contributed by atoms with van der Waals surface area (Å²) in [7, 11) is 0. The molecule has 0 spiro atoms. The molecule has 0 atom stereocenters. The molecule has 6 rings (SSSR count). The Morgan fingerprint density at radius 2 is 0.982 bits per heavy atom. The first kappa shape index (κ1) is 47.4. The first-order valence-electron chi connectivity index (χ1n) is 23.0. The minimum absolute atomic E-state index is 0.0977. The van der Waals surface area contributed by atoms with Gasteiger partial charge in [-0.05, 0) is 175 Å². The van der Waals surface area contributed by atoms with E-state index in [2.05, 4.69) is 50.6 Å². The van der Waals surface area contributed by atoms with Crippen LogP contribution in [0.3, 0.4) is 0 Å². The molecule has 0 heterocycles. The Morgan fingerprint density at radius 1 is 0.536 bits per heavy atom. The van der Waals surface area contributed by atoms with E-state index >= 15 is 0 Å². The maximum atomic E-state index is 13.1. The number of hydrogen-bond acceptors (Lipinski definition) is 3. The van der Waals surface area contributed by atoms with E-state index in [9.17, 15) is 26.3 Å². The fourth-order valence-electron chi connectivity index (χ4n) is 10.1. The molecule has 3 nitrogen and oxygen atoms in total. The Bertz CT molecular complexity index is 1200. The molecular formula is C47H79F6N3. The van der Waals surface area contributed by atoms with Gasteiger partial charge in [-0.3, -0.25) is 0 Å². The number of hydrogen-bond donors (Lipinski definition) is 3. The maximum absolute atomic E-state index is 13.1. The van der Waals surface area contributed by atoms with Gasteiger partial charge < -0.3 is 16.0 Å². The molecular weight excluding hydrogens is 721 g/mol. The van der Waals surface area contributed by atoms with Gasteiger partial charge in [-0.1, -0.05) is 47.1 Å². The monoisotopic (exact) mass is 800 g/mol. The van der Waals surface area contributed by atoms with Crippen molar-refractivity contribution in [2.24, 2.45) is 41.4 Å². The first-order valence-corrected chi connectivity index (χ1v) is 23.0. The normalized spacial score (nSPS) is 29.5. The number of rotatable bonds is 14. The maximum Gasteiger partial charge on any atom is 0.248 e. The molecule has 9 heteroatoms. The smallest absolute Gasteiger partial charge is 0.248 e. The van der Waals surface area contributed by atoms with Crippen molar-refractivity contribution in [3.63, 3.8) is 0 Å². The summed E-state index contributed by atoms with van der Waals surface area (Å²) in [4.78, 5) is 0. The zero-order valence-electron chi connectivity index (χ0n) is 35.7. The zero-order valence-corrected chi connectivity index (χ0v) is 35.7. The third-order valence-corrected chi connectivity index (χ3v) is 13.7. The Balaban J connectivity index is 0.000000187. The van der Waals surface area contributed by atoms with Gasteiger partial charge in [-0.15, -0.1) is 0 Å². The lowest BCUT2D eigenvalue weighted by molar-refractivity contribution is -0.109. The van der Waals surface area contributed by atoms with E-state index in [1.165, 1.54) is 108 Å². The van der Waals surface area contributed by atoms with Crippen LogP contribution in [0.5, 0.6) is 0 Å². The van der Waals surface area contributed by atoms with E-state index in [-0.39, 0.29) is 31.6 Å². The predicted octanol–water partition coefficient (Wildman–Crippen LogP) is 13.3. The molecule has 3 N–H and O–H groups in total. The molecule has 0 radical (unpaired) electrons. The van der Waals surface area contributed by atoms with Gasteiger partial charge in [0, 0.05) is 50.4 Å². The van der Waals surface area contributed by atoms with Gasteiger partial charge in [0.2, 0.25) is 11.8 Å². The molecule has 0 saturated heterocycles. The highest BCUT2D eigenvalue weighted by molar-refractivity contribution is 5.17. The van der Waals surface area contributed by atoms with E-state index in [1.54, 1.807) is 6.07 Å². The zero-order chi connectivity index (χ0) is 40.7. The molecule has 0 aliphatic heterocycles. The lowest BCUT2D eigenvalue weighted by Crippen LogP contribution is -2.44. The summed E-state index contributed by atoms with van der Waals surface area (Å²) >= 11 is 0. The van der Waals surface area contributed by atoms with Crippen molar-refractivity contribution >= 4 is 0 Å². The van der Waals surface area contributed by atoms with Crippen molar-refractivity contribution in [1.29, 1.82) is 0 Å². The fourth-order valence-corrected chi connectivity index (χ4v) is 10.1. The van der Waals surface area contributed by atoms with E-state index in [0.717, 1.165) is 48.2 Å².